The first kappa shape index (κ1) is 13.0. The molecule has 2 heterocycles. The Labute approximate surface area is 120 Å². The van der Waals surface area contributed by atoms with Crippen LogP contribution in [-0.4, -0.2) is 29.5 Å². The predicted molar refractivity (Wildman–Crippen MR) is 70.6 cm³/mol. The van der Waals surface area contributed by atoms with Gasteiger partial charge in [-0.2, -0.15) is 0 Å². The lowest BCUT2D eigenvalue weighted by Gasteiger charge is -2.40. The third-order valence-electron chi connectivity index (χ3n) is 3.40. The van der Waals surface area contributed by atoms with E-state index in [1.165, 1.54) is 11.2 Å². The number of morpholine rings is 1. The quantitative estimate of drug-likeness (QED) is 0.587. The van der Waals surface area contributed by atoms with E-state index in [0.29, 0.717) is 10.7 Å². The molecule has 0 bridgehead atoms. The Kier molecular flexibility index (Phi) is 3.14. The zero-order valence-electron chi connectivity index (χ0n) is 10.7. The maximum atomic E-state index is 12.1. The fourth-order valence-electron chi connectivity index (χ4n) is 2.39. The van der Waals surface area contributed by atoms with Crippen molar-refractivity contribution in [3.8, 4) is 0 Å². The Balaban J connectivity index is 2.00. The number of rotatable bonds is 1. The number of fused-ring (bicyclic) bond motifs is 1. The van der Waals surface area contributed by atoms with Crippen LogP contribution in [0.25, 0.3) is 0 Å². The number of nitrogens with zero attached hydrogens (tertiary/aromatic N) is 1. The molecule has 0 aliphatic carbocycles. The van der Waals surface area contributed by atoms with Gasteiger partial charge in [0.2, 0.25) is 0 Å². The van der Waals surface area contributed by atoms with Crippen LogP contribution in [0.15, 0.2) is 36.2 Å². The van der Waals surface area contributed by atoms with Crippen LogP contribution < -0.4 is 0 Å². The van der Waals surface area contributed by atoms with Crippen molar-refractivity contribution in [1.82, 2.24) is 4.90 Å². The summed E-state index contributed by atoms with van der Waals surface area (Å²) < 4.78 is 10.4. The van der Waals surface area contributed by atoms with Crippen LogP contribution in [0.5, 0.6) is 0 Å². The SMILES string of the molecule is C[C@@H]1OC(=O)C(=O)N2C1=COC[C@H]2c1ccc(Cl)cc1. The molecule has 1 fully saturated rings. The maximum absolute atomic E-state index is 12.1. The molecule has 1 saturated heterocycles. The highest BCUT2D eigenvalue weighted by molar-refractivity contribution is 6.33. The van der Waals surface area contributed by atoms with E-state index in [4.69, 9.17) is 21.1 Å². The fraction of sp³-hybridized carbons (Fsp3) is 0.286. The molecule has 1 aromatic rings. The van der Waals surface area contributed by atoms with Crippen LogP contribution >= 0.6 is 11.6 Å². The molecular weight excluding hydrogens is 282 g/mol. The van der Waals surface area contributed by atoms with Crippen molar-refractivity contribution in [2.75, 3.05) is 6.61 Å². The second kappa shape index (κ2) is 4.83. The average Bonchev–Trinajstić information content (AvgIpc) is 2.45. The average molecular weight is 294 g/mol. The topological polar surface area (TPSA) is 55.8 Å². The van der Waals surface area contributed by atoms with Gasteiger partial charge in [0.25, 0.3) is 0 Å². The van der Waals surface area contributed by atoms with Crippen molar-refractivity contribution in [1.29, 1.82) is 0 Å². The van der Waals surface area contributed by atoms with Gasteiger partial charge >= 0.3 is 11.9 Å². The highest BCUT2D eigenvalue weighted by Crippen LogP contribution is 2.34. The van der Waals surface area contributed by atoms with Gasteiger partial charge in [-0.05, 0) is 24.6 Å². The number of ether oxygens (including phenoxy) is 2. The van der Waals surface area contributed by atoms with E-state index in [-0.39, 0.29) is 12.6 Å². The predicted octanol–water partition coefficient (Wildman–Crippen LogP) is 2.03. The summed E-state index contributed by atoms with van der Waals surface area (Å²) in [5.41, 5.74) is 1.41. The van der Waals surface area contributed by atoms with Crippen molar-refractivity contribution in [2.45, 2.75) is 19.1 Å². The molecule has 104 valence electrons. The van der Waals surface area contributed by atoms with E-state index in [1.54, 1.807) is 19.1 Å². The van der Waals surface area contributed by atoms with Gasteiger partial charge in [0, 0.05) is 5.02 Å². The second-order valence-electron chi connectivity index (χ2n) is 4.67. The molecule has 5 nitrogen and oxygen atoms in total. The number of benzene rings is 1. The van der Waals surface area contributed by atoms with Crippen LogP contribution in [0.3, 0.4) is 0 Å². The van der Waals surface area contributed by atoms with Crippen molar-refractivity contribution >= 4 is 23.5 Å². The minimum absolute atomic E-state index is 0.289. The normalized spacial score (nSPS) is 25.5. The molecule has 0 spiro atoms. The summed E-state index contributed by atoms with van der Waals surface area (Å²) in [5, 5.41) is 0.610. The minimum atomic E-state index is -0.837. The fourth-order valence-corrected chi connectivity index (χ4v) is 2.51. The molecule has 2 aliphatic heterocycles. The maximum Gasteiger partial charge on any atom is 0.398 e. The van der Waals surface area contributed by atoms with Gasteiger partial charge in [-0.25, -0.2) is 4.79 Å². The van der Waals surface area contributed by atoms with Crippen LogP contribution in [0.1, 0.15) is 18.5 Å². The van der Waals surface area contributed by atoms with Crippen LogP contribution in [0.4, 0.5) is 0 Å². The molecule has 0 N–H and O–H groups in total. The Morgan fingerprint density at radius 1 is 1.25 bits per heavy atom. The number of carbonyl (C=O) groups is 2. The van der Waals surface area contributed by atoms with Crippen molar-refractivity contribution in [3.05, 3.63) is 46.8 Å². The molecule has 0 aromatic heterocycles. The third-order valence-corrected chi connectivity index (χ3v) is 3.65. The summed E-state index contributed by atoms with van der Waals surface area (Å²) in [5.74, 6) is -1.51. The highest BCUT2D eigenvalue weighted by Gasteiger charge is 2.43. The van der Waals surface area contributed by atoms with Crippen LogP contribution in [-0.2, 0) is 19.1 Å². The number of hydrogen-bond acceptors (Lipinski definition) is 4. The molecule has 20 heavy (non-hydrogen) atoms. The van der Waals surface area contributed by atoms with Crippen molar-refractivity contribution < 1.29 is 19.1 Å². The lowest BCUT2D eigenvalue weighted by molar-refractivity contribution is -0.171. The number of esters is 1. The lowest BCUT2D eigenvalue weighted by atomic mass is 10.0. The number of hydrogen-bond donors (Lipinski definition) is 0. The molecule has 0 unspecified atom stereocenters. The first-order valence-corrected chi connectivity index (χ1v) is 6.57. The zero-order valence-corrected chi connectivity index (χ0v) is 11.5. The zero-order chi connectivity index (χ0) is 14.3. The molecular formula is C14H12ClNO4. The van der Waals surface area contributed by atoms with E-state index < -0.39 is 18.0 Å². The summed E-state index contributed by atoms with van der Waals surface area (Å²) in [6.45, 7) is 1.99. The Morgan fingerprint density at radius 2 is 1.95 bits per heavy atom. The van der Waals surface area contributed by atoms with Gasteiger partial charge in [-0.1, -0.05) is 23.7 Å². The summed E-state index contributed by atoms with van der Waals surface area (Å²) in [6.07, 6.45) is 0.969. The van der Waals surface area contributed by atoms with Crippen molar-refractivity contribution in [3.63, 3.8) is 0 Å². The van der Waals surface area contributed by atoms with Gasteiger partial charge in [0.15, 0.2) is 0 Å². The minimum Gasteiger partial charge on any atom is -0.497 e. The number of cyclic esters (lactones) is 1. The molecule has 0 saturated carbocycles. The first-order chi connectivity index (χ1) is 9.58. The summed E-state index contributed by atoms with van der Waals surface area (Å²) in [4.78, 5) is 25.1. The Morgan fingerprint density at radius 3 is 2.65 bits per heavy atom. The van der Waals surface area contributed by atoms with Crippen LogP contribution in [0, 0.1) is 0 Å². The van der Waals surface area contributed by atoms with Crippen LogP contribution in [0.2, 0.25) is 5.02 Å². The molecule has 6 heteroatoms. The molecule has 0 radical (unpaired) electrons. The highest BCUT2D eigenvalue weighted by atomic mass is 35.5. The van der Waals surface area contributed by atoms with E-state index >= 15 is 0 Å². The van der Waals surface area contributed by atoms with Gasteiger partial charge in [0.05, 0.1) is 11.7 Å². The third kappa shape index (κ3) is 2.04. The molecule has 2 atom stereocenters. The van der Waals surface area contributed by atoms with Gasteiger partial charge in [-0.15, -0.1) is 0 Å². The molecule has 1 amide bonds. The number of halogens is 1. The van der Waals surface area contributed by atoms with Gasteiger partial charge in [0.1, 0.15) is 19.0 Å². The van der Waals surface area contributed by atoms with E-state index in [0.717, 1.165) is 5.56 Å². The summed E-state index contributed by atoms with van der Waals surface area (Å²) in [6, 6.07) is 6.76. The largest absolute Gasteiger partial charge is 0.497 e. The van der Waals surface area contributed by atoms with E-state index in [9.17, 15) is 9.59 Å². The van der Waals surface area contributed by atoms with E-state index in [1.807, 2.05) is 12.1 Å². The van der Waals surface area contributed by atoms with Gasteiger partial charge < -0.3 is 9.47 Å². The first-order valence-electron chi connectivity index (χ1n) is 6.19. The summed E-state index contributed by atoms with van der Waals surface area (Å²) in [7, 11) is 0. The Bertz CT molecular complexity index is 596. The molecule has 2 aliphatic rings. The molecule has 1 aromatic carbocycles. The molecule has 3 rings (SSSR count). The lowest BCUT2D eigenvalue weighted by Crippen LogP contribution is -2.51. The monoisotopic (exact) mass is 293 g/mol. The smallest absolute Gasteiger partial charge is 0.398 e. The Hall–Kier alpha value is -2.01. The van der Waals surface area contributed by atoms with Crippen molar-refractivity contribution in [2.24, 2.45) is 0 Å². The summed E-state index contributed by atoms with van der Waals surface area (Å²) >= 11 is 5.87. The van der Waals surface area contributed by atoms with E-state index in [2.05, 4.69) is 0 Å². The number of carbonyl (C=O) groups excluding carboxylic acids is 2. The van der Waals surface area contributed by atoms with Gasteiger partial charge in [-0.3, -0.25) is 9.69 Å². The standard InChI is InChI=1S/C14H12ClNO4/c1-8-11-6-19-7-12(9-2-4-10(15)5-3-9)16(11)13(17)14(18)20-8/h2-6,8,12H,7H2,1H3/t8-,12-/m0/s1. The number of amides is 1. The second-order valence-corrected chi connectivity index (χ2v) is 5.10.